The predicted octanol–water partition coefficient (Wildman–Crippen LogP) is 16.8. The fraction of sp³-hybridized carbons (Fsp3) is 0.846. The number of rotatable bonds is 55. The zero-order valence-corrected chi connectivity index (χ0v) is 49.5. The smallest absolute Gasteiger partial charge is 0.335 e. The monoisotopic (exact) mass is 1090 g/mol. The van der Waals surface area contributed by atoms with Gasteiger partial charge in [0.05, 0.1) is 6.61 Å². The molecule has 1 aliphatic rings. The Morgan fingerprint density at radius 3 is 1.25 bits per heavy atom. The molecule has 0 amide bonds. The summed E-state index contributed by atoms with van der Waals surface area (Å²) in [6.07, 6.45) is 51.2. The minimum Gasteiger partial charge on any atom is -0.479 e. The van der Waals surface area contributed by atoms with Crippen LogP contribution in [-0.2, 0) is 42.9 Å². The zero-order valence-electron chi connectivity index (χ0n) is 49.5. The molecular formula is C65H116O12. The van der Waals surface area contributed by atoms with Crippen molar-refractivity contribution in [1.29, 1.82) is 0 Å². The second-order valence-corrected chi connectivity index (χ2v) is 22.0. The number of hydrogen-bond donors (Lipinski definition) is 3. The highest BCUT2D eigenvalue weighted by Crippen LogP contribution is 2.27. The summed E-state index contributed by atoms with van der Waals surface area (Å²) < 4.78 is 28.5. The van der Waals surface area contributed by atoms with Crippen molar-refractivity contribution in [2.45, 2.75) is 340 Å². The van der Waals surface area contributed by atoms with Gasteiger partial charge in [-0.1, -0.05) is 269 Å². The SMILES string of the molecule is CC/C=C\C/C=C\C/C=C\CCCCCC(=O)OC1C(OCC(COC(=O)CCCCCCCCCCCCCCCCCCCCC)OC(=O)CCCCCCCCCCCCCCCCC)OC(C(=O)O)C(O)C1O. The van der Waals surface area contributed by atoms with E-state index in [0.29, 0.717) is 19.3 Å². The summed E-state index contributed by atoms with van der Waals surface area (Å²) in [4.78, 5) is 51.2. The fourth-order valence-corrected chi connectivity index (χ4v) is 9.86. The van der Waals surface area contributed by atoms with Crippen LogP contribution >= 0.6 is 0 Å². The van der Waals surface area contributed by atoms with Gasteiger partial charge in [-0.05, 0) is 51.4 Å². The Balaban J connectivity index is 2.64. The number of aliphatic hydroxyl groups is 2. The first-order valence-electron chi connectivity index (χ1n) is 32.0. The van der Waals surface area contributed by atoms with Crippen LogP contribution in [0.2, 0.25) is 0 Å². The maximum Gasteiger partial charge on any atom is 0.335 e. The molecule has 0 bridgehead atoms. The van der Waals surface area contributed by atoms with Crippen LogP contribution in [0.5, 0.6) is 0 Å². The second kappa shape index (κ2) is 53.6. The molecule has 1 aliphatic heterocycles. The molecule has 0 spiro atoms. The van der Waals surface area contributed by atoms with Crippen LogP contribution in [0.4, 0.5) is 0 Å². The lowest BCUT2D eigenvalue weighted by Crippen LogP contribution is -2.61. The number of esters is 3. The van der Waals surface area contributed by atoms with Crippen LogP contribution in [-0.4, -0.2) is 89.2 Å². The van der Waals surface area contributed by atoms with E-state index in [-0.39, 0.29) is 25.9 Å². The molecule has 12 heteroatoms. The largest absolute Gasteiger partial charge is 0.479 e. The Bertz CT molecular complexity index is 1480. The first-order valence-corrected chi connectivity index (χ1v) is 32.0. The first-order chi connectivity index (χ1) is 37.6. The van der Waals surface area contributed by atoms with Crippen molar-refractivity contribution in [2.24, 2.45) is 0 Å². The second-order valence-electron chi connectivity index (χ2n) is 22.0. The summed E-state index contributed by atoms with van der Waals surface area (Å²) in [5.74, 6) is -3.12. The van der Waals surface area contributed by atoms with E-state index in [9.17, 15) is 34.5 Å². The molecule has 77 heavy (non-hydrogen) atoms. The van der Waals surface area contributed by atoms with Crippen LogP contribution in [0.15, 0.2) is 36.5 Å². The van der Waals surface area contributed by atoms with Gasteiger partial charge >= 0.3 is 23.9 Å². The molecule has 0 aromatic carbocycles. The van der Waals surface area contributed by atoms with Crippen LogP contribution in [0, 0.1) is 0 Å². The lowest BCUT2D eigenvalue weighted by atomic mass is 9.98. The van der Waals surface area contributed by atoms with E-state index in [1.807, 2.05) is 0 Å². The Hall–Kier alpha value is -3.06. The molecule has 0 aromatic rings. The zero-order chi connectivity index (χ0) is 56.1. The molecule has 0 aromatic heterocycles. The van der Waals surface area contributed by atoms with Gasteiger partial charge in [0.15, 0.2) is 24.6 Å². The maximum atomic E-state index is 13.2. The number of aliphatic hydroxyl groups excluding tert-OH is 2. The van der Waals surface area contributed by atoms with Gasteiger partial charge in [0.25, 0.3) is 0 Å². The maximum absolute atomic E-state index is 13.2. The molecule has 0 saturated carbocycles. The van der Waals surface area contributed by atoms with Crippen molar-refractivity contribution < 1.29 is 58.2 Å². The molecule has 0 radical (unpaired) electrons. The van der Waals surface area contributed by atoms with E-state index in [0.717, 1.165) is 77.0 Å². The van der Waals surface area contributed by atoms with Gasteiger partial charge in [0.1, 0.15) is 18.8 Å². The van der Waals surface area contributed by atoms with Crippen molar-refractivity contribution >= 4 is 23.9 Å². The third kappa shape index (κ3) is 43.4. The molecular weight excluding hydrogens is 973 g/mol. The summed E-state index contributed by atoms with van der Waals surface area (Å²) in [5, 5.41) is 31.5. The van der Waals surface area contributed by atoms with Gasteiger partial charge in [-0.25, -0.2) is 4.79 Å². The fourth-order valence-electron chi connectivity index (χ4n) is 9.86. The number of aliphatic carboxylic acids is 1. The van der Waals surface area contributed by atoms with Crippen LogP contribution in [0.3, 0.4) is 0 Å². The number of carboxylic acid groups (broad SMARTS) is 1. The number of carboxylic acids is 1. The van der Waals surface area contributed by atoms with Crippen LogP contribution < -0.4 is 0 Å². The number of allylic oxidation sites excluding steroid dienone is 6. The number of carbonyl (C=O) groups excluding carboxylic acids is 3. The Morgan fingerprint density at radius 2 is 0.818 bits per heavy atom. The molecule has 448 valence electrons. The molecule has 3 N–H and O–H groups in total. The van der Waals surface area contributed by atoms with Crippen molar-refractivity contribution in [3.8, 4) is 0 Å². The average molecular weight is 1090 g/mol. The minimum absolute atomic E-state index is 0.0289. The third-order valence-electron chi connectivity index (χ3n) is 14.7. The number of carbonyl (C=O) groups is 4. The summed E-state index contributed by atoms with van der Waals surface area (Å²) >= 11 is 0. The van der Waals surface area contributed by atoms with E-state index in [2.05, 4.69) is 57.2 Å². The lowest BCUT2D eigenvalue weighted by molar-refractivity contribution is -0.301. The van der Waals surface area contributed by atoms with Gasteiger partial charge in [0.2, 0.25) is 0 Å². The topological polar surface area (TPSA) is 175 Å². The summed E-state index contributed by atoms with van der Waals surface area (Å²) in [6.45, 7) is 5.91. The highest BCUT2D eigenvalue weighted by Gasteiger charge is 2.50. The quantitative estimate of drug-likeness (QED) is 0.0228. The number of hydrogen-bond acceptors (Lipinski definition) is 11. The summed E-state index contributed by atoms with van der Waals surface area (Å²) in [5.41, 5.74) is 0. The van der Waals surface area contributed by atoms with Crippen molar-refractivity contribution in [3.05, 3.63) is 36.5 Å². The van der Waals surface area contributed by atoms with Crippen LogP contribution in [0.25, 0.3) is 0 Å². The Morgan fingerprint density at radius 1 is 0.442 bits per heavy atom. The molecule has 12 nitrogen and oxygen atoms in total. The molecule has 1 rings (SSSR count). The highest BCUT2D eigenvalue weighted by atomic mass is 16.7. The Labute approximate surface area is 470 Å². The van der Waals surface area contributed by atoms with Crippen molar-refractivity contribution in [3.63, 3.8) is 0 Å². The standard InChI is InChI=1S/C65H116O12/c1-4-7-10-13-16-19-22-25-27-28-29-30-32-34-36-39-42-45-48-51-57(66)73-54-56(75-58(67)52-49-46-43-40-38-35-31-26-23-20-17-14-11-8-5-2)55-74-65-63(61(70)60(69)62(77-65)64(71)72)76-59(68)53-50-47-44-41-37-33-24-21-18-15-12-9-6-3/h9,12,18,21,33,37,56,60-63,65,69-70H,4-8,10-11,13-17,19-20,22-32,34-36,38-55H2,1-3H3,(H,71,72)/b12-9-,21-18-,37-33-. The first kappa shape index (κ1) is 72.0. The van der Waals surface area contributed by atoms with E-state index in [4.69, 9.17) is 23.7 Å². The number of ether oxygens (including phenoxy) is 5. The average Bonchev–Trinajstić information content (AvgIpc) is 3.42. The third-order valence-corrected chi connectivity index (χ3v) is 14.7. The van der Waals surface area contributed by atoms with E-state index in [1.54, 1.807) is 0 Å². The molecule has 6 atom stereocenters. The molecule has 6 unspecified atom stereocenters. The van der Waals surface area contributed by atoms with E-state index >= 15 is 0 Å². The molecule has 1 fully saturated rings. The van der Waals surface area contributed by atoms with E-state index in [1.165, 1.54) is 167 Å². The Kier molecular flexibility index (Phi) is 50.1. The predicted molar refractivity (Wildman–Crippen MR) is 313 cm³/mol. The van der Waals surface area contributed by atoms with Crippen molar-refractivity contribution in [2.75, 3.05) is 13.2 Å². The highest BCUT2D eigenvalue weighted by molar-refractivity contribution is 5.74. The van der Waals surface area contributed by atoms with Gasteiger partial charge in [-0.3, -0.25) is 14.4 Å². The number of unbranched alkanes of at least 4 members (excludes halogenated alkanes) is 35. The summed E-state index contributed by atoms with van der Waals surface area (Å²) in [7, 11) is 0. The molecule has 1 saturated heterocycles. The molecule has 0 aliphatic carbocycles. The van der Waals surface area contributed by atoms with Crippen LogP contribution in [0.1, 0.15) is 303 Å². The van der Waals surface area contributed by atoms with Gasteiger partial charge in [0, 0.05) is 19.3 Å². The van der Waals surface area contributed by atoms with Gasteiger partial charge in [-0.2, -0.15) is 0 Å². The normalized spacial score (nSPS) is 18.2. The van der Waals surface area contributed by atoms with E-state index < -0.39 is 67.3 Å². The summed E-state index contributed by atoms with van der Waals surface area (Å²) in [6, 6.07) is 0. The van der Waals surface area contributed by atoms with Gasteiger partial charge < -0.3 is 39.0 Å². The lowest BCUT2D eigenvalue weighted by Gasteiger charge is -2.40. The minimum atomic E-state index is -1.91. The van der Waals surface area contributed by atoms with Crippen molar-refractivity contribution in [1.82, 2.24) is 0 Å². The van der Waals surface area contributed by atoms with Gasteiger partial charge in [-0.15, -0.1) is 0 Å². The molecule has 1 heterocycles.